The molecular weight excluding hydrogens is 268 g/mol. The van der Waals surface area contributed by atoms with Gasteiger partial charge in [0, 0.05) is 24.0 Å². The van der Waals surface area contributed by atoms with Crippen LogP contribution < -0.4 is 5.32 Å². The first-order valence-electron chi connectivity index (χ1n) is 4.57. The van der Waals surface area contributed by atoms with Gasteiger partial charge >= 0.3 is 0 Å². The highest BCUT2D eigenvalue weighted by atomic mass is 79.9. The van der Waals surface area contributed by atoms with Crippen LogP contribution in [0.4, 0.5) is 8.78 Å². The molecule has 0 aliphatic carbocycles. The fraction of sp³-hybridized carbons (Fsp3) is 0.400. The lowest BCUT2D eigenvalue weighted by atomic mass is 9.89. The number of hydrogen-bond acceptors (Lipinski definition) is 2. The van der Waals surface area contributed by atoms with E-state index in [0.717, 1.165) is 12.1 Å². The first-order chi connectivity index (χ1) is 7.00. The molecule has 0 atom stereocenters. The van der Waals surface area contributed by atoms with Crippen molar-refractivity contribution in [2.75, 3.05) is 13.1 Å². The molecule has 0 aromatic heterocycles. The van der Waals surface area contributed by atoms with Gasteiger partial charge < -0.3 is 10.4 Å². The Hall–Kier alpha value is -0.520. The third-order valence-electron chi connectivity index (χ3n) is 2.52. The van der Waals surface area contributed by atoms with E-state index < -0.39 is 17.2 Å². The Morgan fingerprint density at radius 2 is 1.93 bits per heavy atom. The smallest absolute Gasteiger partial charge is 0.159 e. The van der Waals surface area contributed by atoms with Crippen LogP contribution in [-0.2, 0) is 6.42 Å². The number of rotatable bonds is 2. The highest BCUT2D eigenvalue weighted by molar-refractivity contribution is 9.10. The molecule has 15 heavy (non-hydrogen) atoms. The summed E-state index contributed by atoms with van der Waals surface area (Å²) in [4.78, 5) is 0. The van der Waals surface area contributed by atoms with Crippen LogP contribution in [0.5, 0.6) is 0 Å². The molecule has 0 bridgehead atoms. The molecule has 1 heterocycles. The summed E-state index contributed by atoms with van der Waals surface area (Å²) in [6.45, 7) is 0.969. The van der Waals surface area contributed by atoms with Gasteiger partial charge in [0.2, 0.25) is 0 Å². The summed E-state index contributed by atoms with van der Waals surface area (Å²) in [6, 6.07) is 2.20. The summed E-state index contributed by atoms with van der Waals surface area (Å²) in [7, 11) is 0. The molecule has 0 saturated carbocycles. The Bertz CT molecular complexity index is 393. The molecular formula is C10H10BrF2NO. The second-order valence-electron chi connectivity index (χ2n) is 3.86. The summed E-state index contributed by atoms with van der Waals surface area (Å²) in [5.74, 6) is -1.77. The maximum absolute atomic E-state index is 13.0. The Labute approximate surface area is 94.4 Å². The summed E-state index contributed by atoms with van der Waals surface area (Å²) in [6.07, 6.45) is 0.317. The standard InChI is InChI=1S/C10H10BrF2NO/c11-7-2-9(13)8(12)1-6(7)3-10(15)4-14-5-10/h1-2,14-15H,3-5H2. The fourth-order valence-corrected chi connectivity index (χ4v) is 2.05. The van der Waals surface area contributed by atoms with Gasteiger partial charge in [-0.2, -0.15) is 0 Å². The second-order valence-corrected chi connectivity index (χ2v) is 4.72. The van der Waals surface area contributed by atoms with Gasteiger partial charge in [0.15, 0.2) is 11.6 Å². The van der Waals surface area contributed by atoms with Crippen LogP contribution in [0.1, 0.15) is 5.56 Å². The van der Waals surface area contributed by atoms with Gasteiger partial charge in [-0.15, -0.1) is 0 Å². The minimum absolute atomic E-state index is 0.317. The zero-order chi connectivity index (χ0) is 11.1. The molecule has 1 aliphatic rings. The maximum Gasteiger partial charge on any atom is 0.159 e. The van der Waals surface area contributed by atoms with Crippen molar-refractivity contribution in [3.63, 3.8) is 0 Å². The summed E-state index contributed by atoms with van der Waals surface area (Å²) < 4.78 is 26.3. The number of halogens is 3. The third kappa shape index (κ3) is 2.19. The molecule has 0 radical (unpaired) electrons. The minimum atomic E-state index is -0.885. The van der Waals surface area contributed by atoms with E-state index in [0.29, 0.717) is 29.5 Å². The number of benzene rings is 1. The van der Waals surface area contributed by atoms with E-state index in [2.05, 4.69) is 21.2 Å². The lowest BCUT2D eigenvalue weighted by molar-refractivity contribution is -0.00921. The highest BCUT2D eigenvalue weighted by Gasteiger charge is 2.34. The molecule has 2 rings (SSSR count). The SMILES string of the molecule is OC1(Cc2cc(F)c(F)cc2Br)CNC1. The lowest BCUT2D eigenvalue weighted by Crippen LogP contribution is -2.60. The summed E-state index contributed by atoms with van der Waals surface area (Å²) in [5.41, 5.74) is -0.245. The normalized spacial score (nSPS) is 18.7. The maximum atomic E-state index is 13.0. The van der Waals surface area contributed by atoms with Crippen LogP contribution in [0.2, 0.25) is 0 Å². The Kier molecular flexibility index (Phi) is 2.79. The Morgan fingerprint density at radius 3 is 2.47 bits per heavy atom. The van der Waals surface area contributed by atoms with E-state index in [1.165, 1.54) is 0 Å². The third-order valence-corrected chi connectivity index (χ3v) is 3.26. The Balaban J connectivity index is 2.24. The van der Waals surface area contributed by atoms with Crippen molar-refractivity contribution in [1.82, 2.24) is 5.32 Å². The molecule has 1 fully saturated rings. The van der Waals surface area contributed by atoms with Gasteiger partial charge in [-0.05, 0) is 17.7 Å². The van der Waals surface area contributed by atoms with Crippen LogP contribution in [-0.4, -0.2) is 23.8 Å². The van der Waals surface area contributed by atoms with Crippen LogP contribution in [0.3, 0.4) is 0 Å². The van der Waals surface area contributed by atoms with Crippen molar-refractivity contribution in [2.45, 2.75) is 12.0 Å². The van der Waals surface area contributed by atoms with Crippen LogP contribution in [0.25, 0.3) is 0 Å². The number of β-amino-alcohol motifs (C(OH)–C–C–N with tert-alkyl or cyclic N) is 1. The van der Waals surface area contributed by atoms with E-state index in [1.54, 1.807) is 0 Å². The predicted molar refractivity (Wildman–Crippen MR) is 55.6 cm³/mol. The summed E-state index contributed by atoms with van der Waals surface area (Å²) in [5, 5.41) is 12.8. The zero-order valence-corrected chi connectivity index (χ0v) is 9.44. The lowest BCUT2D eigenvalue weighted by Gasteiger charge is -2.37. The van der Waals surface area contributed by atoms with Crippen molar-refractivity contribution in [1.29, 1.82) is 0 Å². The van der Waals surface area contributed by atoms with Gasteiger partial charge in [0.05, 0.1) is 5.60 Å². The molecule has 1 saturated heterocycles. The highest BCUT2D eigenvalue weighted by Crippen LogP contribution is 2.26. The van der Waals surface area contributed by atoms with Crippen LogP contribution in [0, 0.1) is 11.6 Å². The molecule has 0 amide bonds. The molecule has 1 aromatic rings. The van der Waals surface area contributed by atoms with Crippen molar-refractivity contribution < 1.29 is 13.9 Å². The number of nitrogens with one attached hydrogen (secondary N) is 1. The molecule has 1 aliphatic heterocycles. The quantitative estimate of drug-likeness (QED) is 0.805. The van der Waals surface area contributed by atoms with Gasteiger partial charge in [0.25, 0.3) is 0 Å². The predicted octanol–water partition coefficient (Wildman–Crippen LogP) is 1.60. The van der Waals surface area contributed by atoms with Crippen molar-refractivity contribution >= 4 is 15.9 Å². The van der Waals surface area contributed by atoms with Gasteiger partial charge in [-0.25, -0.2) is 8.78 Å². The second kappa shape index (κ2) is 3.81. The van der Waals surface area contributed by atoms with Crippen LogP contribution in [0.15, 0.2) is 16.6 Å². The van der Waals surface area contributed by atoms with E-state index in [1.807, 2.05) is 0 Å². The molecule has 82 valence electrons. The van der Waals surface area contributed by atoms with Crippen molar-refractivity contribution in [3.8, 4) is 0 Å². The number of hydrogen-bond donors (Lipinski definition) is 2. The zero-order valence-electron chi connectivity index (χ0n) is 7.86. The van der Waals surface area contributed by atoms with Gasteiger partial charge in [-0.3, -0.25) is 0 Å². The summed E-state index contributed by atoms with van der Waals surface area (Å²) >= 11 is 3.15. The molecule has 1 aromatic carbocycles. The molecule has 0 spiro atoms. The first-order valence-corrected chi connectivity index (χ1v) is 5.36. The van der Waals surface area contributed by atoms with Gasteiger partial charge in [0.1, 0.15) is 0 Å². The molecule has 0 unspecified atom stereocenters. The fourth-order valence-electron chi connectivity index (χ4n) is 1.59. The molecule has 2 N–H and O–H groups in total. The topological polar surface area (TPSA) is 32.3 Å². The Morgan fingerprint density at radius 1 is 1.33 bits per heavy atom. The molecule has 5 heteroatoms. The minimum Gasteiger partial charge on any atom is -0.387 e. The van der Waals surface area contributed by atoms with Crippen LogP contribution >= 0.6 is 15.9 Å². The van der Waals surface area contributed by atoms with Crippen molar-refractivity contribution in [3.05, 3.63) is 33.8 Å². The monoisotopic (exact) mass is 277 g/mol. The van der Waals surface area contributed by atoms with E-state index in [-0.39, 0.29) is 0 Å². The van der Waals surface area contributed by atoms with E-state index >= 15 is 0 Å². The van der Waals surface area contributed by atoms with E-state index in [4.69, 9.17) is 0 Å². The molecule has 2 nitrogen and oxygen atoms in total. The number of aliphatic hydroxyl groups is 1. The first kappa shape index (κ1) is 11.0. The largest absolute Gasteiger partial charge is 0.387 e. The average molecular weight is 278 g/mol. The van der Waals surface area contributed by atoms with E-state index in [9.17, 15) is 13.9 Å². The average Bonchev–Trinajstić information content (AvgIpc) is 2.11. The van der Waals surface area contributed by atoms with Gasteiger partial charge in [-0.1, -0.05) is 15.9 Å². The van der Waals surface area contributed by atoms with Crippen molar-refractivity contribution in [2.24, 2.45) is 0 Å².